The van der Waals surface area contributed by atoms with Gasteiger partial charge in [0, 0.05) is 19.6 Å². The molecule has 0 atom stereocenters. The molecular formula is C16H37N3. The Bertz CT molecular complexity index is 212. The van der Waals surface area contributed by atoms with Crippen molar-refractivity contribution in [1.82, 2.24) is 9.80 Å². The smallest absolute Gasteiger partial charge is 0.0109 e. The van der Waals surface area contributed by atoms with Gasteiger partial charge in [-0.25, -0.2) is 0 Å². The number of hydrogen-bond acceptors (Lipinski definition) is 3. The van der Waals surface area contributed by atoms with E-state index in [-0.39, 0.29) is 0 Å². The summed E-state index contributed by atoms with van der Waals surface area (Å²) in [4.78, 5) is 4.88. The van der Waals surface area contributed by atoms with Crippen LogP contribution in [0.3, 0.4) is 0 Å². The average molecular weight is 271 g/mol. The lowest BCUT2D eigenvalue weighted by molar-refractivity contribution is 0.200. The third-order valence-electron chi connectivity index (χ3n) is 3.64. The highest BCUT2D eigenvalue weighted by Crippen LogP contribution is 2.25. The fraction of sp³-hybridized carbons (Fsp3) is 1.00. The molecule has 0 saturated heterocycles. The quantitative estimate of drug-likeness (QED) is 0.627. The number of nitrogens with zero attached hydrogens (tertiary/aromatic N) is 2. The highest BCUT2D eigenvalue weighted by molar-refractivity contribution is 4.71. The van der Waals surface area contributed by atoms with E-state index in [1.807, 2.05) is 0 Å². The Balaban J connectivity index is 4.03. The van der Waals surface area contributed by atoms with Crippen molar-refractivity contribution in [3.8, 4) is 0 Å². The van der Waals surface area contributed by atoms with Gasteiger partial charge in [-0.2, -0.15) is 0 Å². The molecule has 0 saturated carbocycles. The largest absolute Gasteiger partial charge is 0.330 e. The SMILES string of the molecule is CC(C)CN(CCCC(C)(C)CCN)CCN(C)C. The highest BCUT2D eigenvalue weighted by Gasteiger charge is 2.17. The summed E-state index contributed by atoms with van der Waals surface area (Å²) in [6.07, 6.45) is 3.70. The molecule has 0 heterocycles. The number of hydrogen-bond donors (Lipinski definition) is 1. The molecule has 0 radical (unpaired) electrons. The van der Waals surface area contributed by atoms with Gasteiger partial charge < -0.3 is 15.5 Å². The monoisotopic (exact) mass is 271 g/mol. The topological polar surface area (TPSA) is 32.5 Å². The molecule has 3 nitrogen and oxygen atoms in total. The zero-order chi connectivity index (χ0) is 14.9. The predicted octanol–water partition coefficient (Wildman–Crippen LogP) is 2.66. The second-order valence-corrected chi connectivity index (χ2v) is 7.30. The summed E-state index contributed by atoms with van der Waals surface area (Å²) < 4.78 is 0. The van der Waals surface area contributed by atoms with Crippen LogP contribution in [0.2, 0.25) is 0 Å². The molecule has 0 aliphatic carbocycles. The van der Waals surface area contributed by atoms with E-state index in [4.69, 9.17) is 5.73 Å². The maximum Gasteiger partial charge on any atom is 0.0109 e. The van der Waals surface area contributed by atoms with E-state index in [0.29, 0.717) is 5.41 Å². The molecule has 116 valence electrons. The van der Waals surface area contributed by atoms with Crippen molar-refractivity contribution in [3.63, 3.8) is 0 Å². The standard InChI is InChI=1S/C16H37N3/c1-15(2)14-19(13-12-18(5)6)11-7-8-16(3,4)9-10-17/h15H,7-14,17H2,1-6H3. The van der Waals surface area contributed by atoms with Crippen LogP contribution >= 0.6 is 0 Å². The van der Waals surface area contributed by atoms with Crippen molar-refractivity contribution < 1.29 is 0 Å². The minimum atomic E-state index is 0.403. The normalized spacial score (nSPS) is 12.9. The van der Waals surface area contributed by atoms with Gasteiger partial charge in [-0.05, 0) is 57.8 Å². The molecule has 0 rings (SSSR count). The molecule has 0 aromatic rings. The zero-order valence-electron chi connectivity index (χ0n) is 14.2. The molecule has 0 aromatic heterocycles. The molecular weight excluding hydrogens is 234 g/mol. The van der Waals surface area contributed by atoms with Gasteiger partial charge in [0.2, 0.25) is 0 Å². The lowest BCUT2D eigenvalue weighted by Crippen LogP contribution is -2.35. The first-order chi connectivity index (χ1) is 8.76. The molecule has 0 aliphatic heterocycles. The first kappa shape index (κ1) is 18.9. The van der Waals surface area contributed by atoms with Gasteiger partial charge in [0.05, 0.1) is 0 Å². The minimum absolute atomic E-state index is 0.403. The third-order valence-corrected chi connectivity index (χ3v) is 3.64. The summed E-state index contributed by atoms with van der Waals surface area (Å²) in [6.45, 7) is 14.9. The summed E-state index contributed by atoms with van der Waals surface area (Å²) in [5, 5.41) is 0. The molecule has 19 heavy (non-hydrogen) atoms. The van der Waals surface area contributed by atoms with Gasteiger partial charge >= 0.3 is 0 Å². The number of nitrogens with two attached hydrogens (primary N) is 1. The van der Waals surface area contributed by atoms with Crippen molar-refractivity contribution in [2.75, 3.05) is 46.8 Å². The average Bonchev–Trinajstić information content (AvgIpc) is 2.24. The highest BCUT2D eigenvalue weighted by atomic mass is 15.2. The van der Waals surface area contributed by atoms with Crippen LogP contribution in [0.5, 0.6) is 0 Å². The van der Waals surface area contributed by atoms with Crippen LogP contribution < -0.4 is 5.73 Å². The van der Waals surface area contributed by atoms with Crippen LogP contribution in [0.1, 0.15) is 47.0 Å². The molecule has 0 spiro atoms. The molecule has 0 aromatic carbocycles. The zero-order valence-corrected chi connectivity index (χ0v) is 14.2. The molecule has 0 aliphatic rings. The van der Waals surface area contributed by atoms with E-state index in [1.165, 1.54) is 32.5 Å². The van der Waals surface area contributed by atoms with Crippen LogP contribution in [0.15, 0.2) is 0 Å². The number of rotatable bonds is 11. The Morgan fingerprint density at radius 1 is 1.00 bits per heavy atom. The van der Waals surface area contributed by atoms with Crippen molar-refractivity contribution >= 4 is 0 Å². The maximum atomic E-state index is 5.68. The Hall–Kier alpha value is -0.120. The molecule has 0 unspecified atom stereocenters. The van der Waals surface area contributed by atoms with E-state index in [2.05, 4.69) is 51.6 Å². The maximum absolute atomic E-state index is 5.68. The fourth-order valence-electron chi connectivity index (χ4n) is 2.45. The number of likely N-dealkylation sites (N-methyl/N-ethyl adjacent to an activating group) is 1. The summed E-state index contributed by atoms with van der Waals surface area (Å²) in [5.74, 6) is 0.749. The van der Waals surface area contributed by atoms with Crippen molar-refractivity contribution in [2.24, 2.45) is 17.1 Å². The summed E-state index contributed by atoms with van der Waals surface area (Å²) in [6, 6.07) is 0. The van der Waals surface area contributed by atoms with Crippen molar-refractivity contribution in [3.05, 3.63) is 0 Å². The van der Waals surface area contributed by atoms with Crippen LogP contribution in [0.25, 0.3) is 0 Å². The molecule has 2 N–H and O–H groups in total. The summed E-state index contributed by atoms with van der Waals surface area (Å²) in [7, 11) is 4.30. The summed E-state index contributed by atoms with van der Waals surface area (Å²) >= 11 is 0. The van der Waals surface area contributed by atoms with Gasteiger partial charge in [-0.3, -0.25) is 0 Å². The van der Waals surface area contributed by atoms with Crippen molar-refractivity contribution in [1.29, 1.82) is 0 Å². The van der Waals surface area contributed by atoms with Gasteiger partial charge in [0.1, 0.15) is 0 Å². The van der Waals surface area contributed by atoms with Crippen LogP contribution in [-0.4, -0.2) is 56.6 Å². The van der Waals surface area contributed by atoms with Gasteiger partial charge in [-0.15, -0.1) is 0 Å². The Kier molecular flexibility index (Phi) is 9.67. The Labute approximate surface area is 121 Å². The van der Waals surface area contributed by atoms with Gasteiger partial charge in [-0.1, -0.05) is 27.7 Å². The van der Waals surface area contributed by atoms with E-state index in [1.54, 1.807) is 0 Å². The third kappa shape index (κ3) is 11.4. The first-order valence-corrected chi connectivity index (χ1v) is 7.84. The van der Waals surface area contributed by atoms with Crippen LogP contribution in [-0.2, 0) is 0 Å². The van der Waals surface area contributed by atoms with Crippen LogP contribution in [0.4, 0.5) is 0 Å². The lowest BCUT2D eigenvalue weighted by Gasteiger charge is -2.28. The van der Waals surface area contributed by atoms with E-state index in [9.17, 15) is 0 Å². The van der Waals surface area contributed by atoms with Gasteiger partial charge in [0.15, 0.2) is 0 Å². The van der Waals surface area contributed by atoms with E-state index < -0.39 is 0 Å². The Morgan fingerprint density at radius 2 is 1.63 bits per heavy atom. The molecule has 0 bridgehead atoms. The molecule has 3 heteroatoms. The van der Waals surface area contributed by atoms with E-state index in [0.717, 1.165) is 25.4 Å². The van der Waals surface area contributed by atoms with E-state index >= 15 is 0 Å². The summed E-state index contributed by atoms with van der Waals surface area (Å²) in [5.41, 5.74) is 6.08. The lowest BCUT2D eigenvalue weighted by atomic mass is 9.84. The second-order valence-electron chi connectivity index (χ2n) is 7.30. The predicted molar refractivity (Wildman–Crippen MR) is 86.5 cm³/mol. The van der Waals surface area contributed by atoms with Gasteiger partial charge in [0.25, 0.3) is 0 Å². The van der Waals surface area contributed by atoms with Crippen LogP contribution in [0, 0.1) is 11.3 Å². The van der Waals surface area contributed by atoms with Crippen molar-refractivity contribution in [2.45, 2.75) is 47.0 Å². The first-order valence-electron chi connectivity index (χ1n) is 7.84. The molecule has 0 amide bonds. The molecule has 0 fully saturated rings. The minimum Gasteiger partial charge on any atom is -0.330 e. The second kappa shape index (κ2) is 9.73. The fourth-order valence-corrected chi connectivity index (χ4v) is 2.45. The Morgan fingerprint density at radius 3 is 2.11 bits per heavy atom.